The molecule has 4 amide bonds. The van der Waals surface area contributed by atoms with Crippen molar-refractivity contribution in [2.24, 2.45) is 11.8 Å². The minimum absolute atomic E-state index is 0.0221. The third-order valence-corrected chi connectivity index (χ3v) is 5.47. The largest absolute Gasteiger partial charge is 0.354 e. The van der Waals surface area contributed by atoms with Crippen molar-refractivity contribution in [1.82, 2.24) is 35.8 Å². The van der Waals surface area contributed by atoms with Gasteiger partial charge in [-0.1, -0.05) is 32.9 Å². The van der Waals surface area contributed by atoms with Crippen LogP contribution < -0.4 is 16.0 Å². The second-order valence-corrected chi connectivity index (χ2v) is 8.99. The molecule has 1 aromatic rings. The van der Waals surface area contributed by atoms with Gasteiger partial charge >= 0.3 is 0 Å². The van der Waals surface area contributed by atoms with Gasteiger partial charge in [-0.15, -0.1) is 5.10 Å². The average molecular weight is 480 g/mol. The number of carbonyl (C=O) groups excluding carboxylic acids is 4. The fourth-order valence-electron chi connectivity index (χ4n) is 3.45. The quantitative estimate of drug-likeness (QED) is 0.355. The van der Waals surface area contributed by atoms with E-state index in [2.05, 4.69) is 26.3 Å². The summed E-state index contributed by atoms with van der Waals surface area (Å²) in [5.41, 5.74) is 0.679. The van der Waals surface area contributed by atoms with Gasteiger partial charge in [0.15, 0.2) is 0 Å². The molecule has 1 rings (SSSR count). The SMILES string of the molecule is CCN(CC)C(=O)[C@@H](NC(=O)CCn1cc(CCNC(=O)[C@@H](NC(C)=O)C(C)C)nn1)C(C)C. The number of nitrogens with zero attached hydrogens (tertiary/aromatic N) is 4. The Labute approximate surface area is 202 Å². The van der Waals surface area contributed by atoms with E-state index in [0.29, 0.717) is 38.3 Å². The Hall–Kier alpha value is -2.98. The second-order valence-electron chi connectivity index (χ2n) is 8.99. The first-order chi connectivity index (χ1) is 16.0. The van der Waals surface area contributed by atoms with Crippen LogP contribution in [0.25, 0.3) is 0 Å². The van der Waals surface area contributed by atoms with Crippen LogP contribution in [-0.2, 0) is 32.1 Å². The molecule has 11 heteroatoms. The van der Waals surface area contributed by atoms with Crippen molar-refractivity contribution in [3.63, 3.8) is 0 Å². The van der Waals surface area contributed by atoms with Crippen LogP contribution in [0.3, 0.4) is 0 Å². The molecule has 11 nitrogen and oxygen atoms in total. The fourth-order valence-corrected chi connectivity index (χ4v) is 3.45. The first-order valence-corrected chi connectivity index (χ1v) is 12.0. The molecule has 0 bridgehead atoms. The maximum Gasteiger partial charge on any atom is 0.245 e. The molecule has 0 saturated carbocycles. The Balaban J connectivity index is 2.53. The van der Waals surface area contributed by atoms with Crippen molar-refractivity contribution in [3.05, 3.63) is 11.9 Å². The van der Waals surface area contributed by atoms with E-state index < -0.39 is 12.1 Å². The number of aromatic nitrogens is 3. The number of amides is 4. The molecular weight excluding hydrogens is 438 g/mol. The highest BCUT2D eigenvalue weighted by Gasteiger charge is 2.27. The lowest BCUT2D eigenvalue weighted by molar-refractivity contribution is -0.137. The van der Waals surface area contributed by atoms with Crippen molar-refractivity contribution >= 4 is 23.6 Å². The Bertz CT molecular complexity index is 818. The van der Waals surface area contributed by atoms with Crippen LogP contribution in [0.2, 0.25) is 0 Å². The maximum atomic E-state index is 12.7. The first kappa shape index (κ1) is 29.1. The maximum absolute atomic E-state index is 12.7. The van der Waals surface area contributed by atoms with E-state index in [-0.39, 0.29) is 41.9 Å². The topological polar surface area (TPSA) is 138 Å². The van der Waals surface area contributed by atoms with Gasteiger partial charge in [-0.2, -0.15) is 0 Å². The molecule has 0 saturated heterocycles. The summed E-state index contributed by atoms with van der Waals surface area (Å²) in [6.07, 6.45) is 2.37. The lowest BCUT2D eigenvalue weighted by Gasteiger charge is -2.28. The van der Waals surface area contributed by atoms with E-state index in [1.807, 2.05) is 41.5 Å². The van der Waals surface area contributed by atoms with Crippen LogP contribution >= 0.6 is 0 Å². The number of rotatable bonds is 14. The summed E-state index contributed by atoms with van der Waals surface area (Å²) >= 11 is 0. The minimum Gasteiger partial charge on any atom is -0.354 e. The Morgan fingerprint density at radius 2 is 1.62 bits per heavy atom. The van der Waals surface area contributed by atoms with E-state index >= 15 is 0 Å². The zero-order chi connectivity index (χ0) is 25.8. The molecule has 0 spiro atoms. The Morgan fingerprint density at radius 1 is 1.00 bits per heavy atom. The van der Waals surface area contributed by atoms with Gasteiger partial charge in [0.05, 0.1) is 12.2 Å². The van der Waals surface area contributed by atoms with Gasteiger partial charge in [0.1, 0.15) is 12.1 Å². The molecule has 0 fully saturated rings. The minimum atomic E-state index is -0.588. The van der Waals surface area contributed by atoms with Crippen LogP contribution in [0.1, 0.15) is 60.6 Å². The van der Waals surface area contributed by atoms with Crippen LogP contribution in [0.15, 0.2) is 6.20 Å². The Kier molecular flexibility index (Phi) is 12.2. The molecule has 1 heterocycles. The van der Waals surface area contributed by atoms with Crippen LogP contribution in [0, 0.1) is 11.8 Å². The molecule has 2 atom stereocenters. The van der Waals surface area contributed by atoms with Gasteiger partial charge in [0.25, 0.3) is 0 Å². The van der Waals surface area contributed by atoms with E-state index in [0.717, 1.165) is 0 Å². The molecule has 0 aliphatic heterocycles. The monoisotopic (exact) mass is 479 g/mol. The molecule has 3 N–H and O–H groups in total. The Morgan fingerprint density at radius 3 is 2.15 bits per heavy atom. The van der Waals surface area contributed by atoms with Gasteiger partial charge in [0.2, 0.25) is 23.6 Å². The molecular formula is C23H41N7O4. The van der Waals surface area contributed by atoms with Crippen LogP contribution in [-0.4, -0.2) is 75.2 Å². The number of nitrogens with one attached hydrogen (secondary N) is 3. The van der Waals surface area contributed by atoms with Gasteiger partial charge in [0, 0.05) is 45.6 Å². The molecule has 0 radical (unpaired) electrons. The zero-order valence-corrected chi connectivity index (χ0v) is 21.6. The summed E-state index contributed by atoms with van der Waals surface area (Å²) in [6, 6.07) is -1.15. The summed E-state index contributed by atoms with van der Waals surface area (Å²) in [7, 11) is 0. The highest BCUT2D eigenvalue weighted by molar-refractivity contribution is 5.88. The van der Waals surface area contributed by atoms with Gasteiger partial charge in [-0.3, -0.25) is 23.9 Å². The lowest BCUT2D eigenvalue weighted by Crippen LogP contribution is -2.51. The molecule has 0 unspecified atom stereocenters. The van der Waals surface area contributed by atoms with Crippen molar-refractivity contribution in [3.8, 4) is 0 Å². The summed E-state index contributed by atoms with van der Waals surface area (Å²) in [4.78, 5) is 50.5. The summed E-state index contributed by atoms with van der Waals surface area (Å²) < 4.78 is 1.57. The van der Waals surface area contributed by atoms with Gasteiger partial charge in [-0.25, -0.2) is 0 Å². The fraction of sp³-hybridized carbons (Fsp3) is 0.739. The summed E-state index contributed by atoms with van der Waals surface area (Å²) in [5, 5.41) is 16.4. The van der Waals surface area contributed by atoms with E-state index in [9.17, 15) is 19.2 Å². The summed E-state index contributed by atoms with van der Waals surface area (Å²) in [5.74, 6) is -0.844. The lowest BCUT2D eigenvalue weighted by atomic mass is 10.0. The number of hydrogen-bond donors (Lipinski definition) is 3. The molecule has 1 aromatic heterocycles. The van der Waals surface area contributed by atoms with Gasteiger partial charge < -0.3 is 20.9 Å². The van der Waals surface area contributed by atoms with E-state index in [4.69, 9.17) is 0 Å². The molecule has 0 aliphatic rings. The van der Waals surface area contributed by atoms with Crippen molar-refractivity contribution in [1.29, 1.82) is 0 Å². The zero-order valence-electron chi connectivity index (χ0n) is 21.6. The molecule has 34 heavy (non-hydrogen) atoms. The summed E-state index contributed by atoms with van der Waals surface area (Å²) in [6.45, 7) is 14.6. The number of aryl methyl sites for hydroxylation is 1. The normalized spacial score (nSPS) is 12.9. The van der Waals surface area contributed by atoms with E-state index in [1.165, 1.54) is 6.92 Å². The van der Waals surface area contributed by atoms with E-state index in [1.54, 1.807) is 15.8 Å². The highest BCUT2D eigenvalue weighted by Crippen LogP contribution is 2.07. The predicted octanol–water partition coefficient (Wildman–Crippen LogP) is 0.497. The van der Waals surface area contributed by atoms with Crippen molar-refractivity contribution < 1.29 is 19.2 Å². The third-order valence-electron chi connectivity index (χ3n) is 5.47. The van der Waals surface area contributed by atoms with Crippen molar-refractivity contribution in [2.75, 3.05) is 19.6 Å². The number of hydrogen-bond acceptors (Lipinski definition) is 6. The predicted molar refractivity (Wildman–Crippen MR) is 128 cm³/mol. The van der Waals surface area contributed by atoms with Crippen molar-refractivity contribution in [2.45, 2.75) is 79.9 Å². The average Bonchev–Trinajstić information content (AvgIpc) is 3.22. The first-order valence-electron chi connectivity index (χ1n) is 12.0. The van der Waals surface area contributed by atoms with Crippen LogP contribution in [0.5, 0.6) is 0 Å². The molecule has 0 aliphatic carbocycles. The third kappa shape index (κ3) is 9.48. The number of likely N-dealkylation sites (N-methyl/N-ethyl adjacent to an activating group) is 1. The molecule has 192 valence electrons. The standard InChI is InChI=1S/C23H41N7O4/c1-8-29(9-2)23(34)21(16(5)6)26-19(32)11-13-30-14-18(27-28-30)10-12-24-22(33)20(15(3)4)25-17(7)31/h14-16,20-21H,8-13H2,1-7H3,(H,24,33)(H,25,31)(H,26,32)/t20-,21-/m0/s1. The second kappa shape index (κ2) is 14.3. The number of carbonyl (C=O) groups is 4. The smallest absolute Gasteiger partial charge is 0.245 e. The highest BCUT2D eigenvalue weighted by atomic mass is 16.2. The molecule has 0 aromatic carbocycles. The van der Waals surface area contributed by atoms with Gasteiger partial charge in [-0.05, 0) is 25.7 Å². The van der Waals surface area contributed by atoms with Crippen LogP contribution in [0.4, 0.5) is 0 Å².